The largest absolute Gasteiger partial charge is 0.694 e. The Morgan fingerprint density at radius 1 is 1.00 bits per heavy atom. The number of amides is 2. The third-order valence-electron chi connectivity index (χ3n) is 7.94. The summed E-state index contributed by atoms with van der Waals surface area (Å²) in [6, 6.07) is -1.03. The lowest BCUT2D eigenvalue weighted by atomic mass is 9.97. The number of carbonyl (C=O) groups is 2. The summed E-state index contributed by atoms with van der Waals surface area (Å²) in [4.78, 5) is 45.0. The highest BCUT2D eigenvalue weighted by molar-refractivity contribution is 7.32. The molecule has 4 unspecified atom stereocenters. The molecule has 22 nitrogen and oxygen atoms in total. The van der Waals surface area contributed by atoms with Crippen molar-refractivity contribution in [1.29, 1.82) is 0 Å². The van der Waals surface area contributed by atoms with Crippen molar-refractivity contribution in [2.45, 2.75) is 81.4 Å². The van der Waals surface area contributed by atoms with Crippen LogP contribution in [0.5, 0.6) is 0 Å². The Morgan fingerprint density at radius 2 is 1.78 bits per heavy atom. The van der Waals surface area contributed by atoms with Crippen molar-refractivity contribution in [2.24, 2.45) is 0 Å². The van der Waals surface area contributed by atoms with Gasteiger partial charge in [0.15, 0.2) is 24.0 Å². The van der Waals surface area contributed by atoms with Gasteiger partial charge >= 0.3 is 8.25 Å². The first-order chi connectivity index (χ1) is 24.5. The predicted molar refractivity (Wildman–Crippen MR) is 170 cm³/mol. The summed E-state index contributed by atoms with van der Waals surface area (Å²) in [5.74, 6) is -0.511. The molecule has 10 atom stereocenters. The van der Waals surface area contributed by atoms with E-state index < -0.39 is 76.0 Å². The van der Waals surface area contributed by atoms with Crippen molar-refractivity contribution in [3.05, 3.63) is 12.7 Å². The molecule has 2 aliphatic rings. The van der Waals surface area contributed by atoms with Crippen LogP contribution < -0.4 is 16.4 Å². The number of imidazole rings is 1. The van der Waals surface area contributed by atoms with Crippen molar-refractivity contribution in [2.75, 3.05) is 58.7 Å². The van der Waals surface area contributed by atoms with Gasteiger partial charge in [-0.15, -0.1) is 9.42 Å². The molecule has 2 aromatic heterocycles. The normalized spacial score (nSPS) is 28.2. The van der Waals surface area contributed by atoms with Gasteiger partial charge in [0.1, 0.15) is 67.9 Å². The minimum absolute atomic E-state index is 0.125. The van der Waals surface area contributed by atoms with Crippen LogP contribution in [0, 0.1) is 0 Å². The number of hydrogen-bond acceptors (Lipinski definition) is 18. The number of nitrogens with two attached hydrogens (primary N) is 1. The first-order valence-corrected chi connectivity index (χ1v) is 17.2. The van der Waals surface area contributed by atoms with Crippen LogP contribution in [0.1, 0.15) is 32.4 Å². The SMILES string of the molecule is CC(=O)N[C@@H]1[C@@H](OCCCCC(=O)NCCOCCOCO[C@H]2C(n3cnc4c(N)ncnc43)O[C@H](CO[P+](=O)O)[C@H]2O)OC(CO)C(O)[C@H]1O. The summed E-state index contributed by atoms with van der Waals surface area (Å²) >= 11 is 0. The zero-order chi connectivity index (χ0) is 36.9. The molecule has 2 fully saturated rings. The molecule has 51 heavy (non-hydrogen) atoms. The molecule has 9 N–H and O–H groups in total. The first kappa shape index (κ1) is 40.7. The molecule has 2 saturated heterocycles. The molecule has 0 saturated carbocycles. The Labute approximate surface area is 292 Å². The zero-order valence-corrected chi connectivity index (χ0v) is 28.7. The number of aliphatic hydroxyl groups excluding tert-OH is 4. The van der Waals surface area contributed by atoms with E-state index in [1.54, 1.807) is 0 Å². The molecule has 2 aliphatic heterocycles. The van der Waals surface area contributed by atoms with E-state index >= 15 is 0 Å². The average molecular weight is 751 g/mol. The van der Waals surface area contributed by atoms with E-state index in [0.717, 1.165) is 0 Å². The fourth-order valence-corrected chi connectivity index (χ4v) is 5.68. The lowest BCUT2D eigenvalue weighted by molar-refractivity contribution is -0.270. The number of hydrogen-bond donors (Lipinski definition) is 8. The molecule has 0 bridgehead atoms. The summed E-state index contributed by atoms with van der Waals surface area (Å²) < 4.78 is 51.0. The molecular formula is C28H45N7O15P+. The lowest BCUT2D eigenvalue weighted by Gasteiger charge is -2.42. The van der Waals surface area contributed by atoms with Crippen LogP contribution in [0.3, 0.4) is 0 Å². The highest BCUT2D eigenvalue weighted by atomic mass is 31.1. The number of nitrogens with zero attached hydrogens (tertiary/aromatic N) is 4. The van der Waals surface area contributed by atoms with Crippen LogP contribution in [0.15, 0.2) is 12.7 Å². The second-order valence-electron chi connectivity index (χ2n) is 11.6. The number of nitrogens with one attached hydrogen (secondary N) is 2. The van der Waals surface area contributed by atoms with Crippen molar-refractivity contribution >= 4 is 37.1 Å². The van der Waals surface area contributed by atoms with E-state index in [-0.39, 0.29) is 64.5 Å². The third-order valence-corrected chi connectivity index (χ3v) is 8.31. The van der Waals surface area contributed by atoms with Crippen LogP contribution in [0.25, 0.3) is 11.2 Å². The Hall–Kier alpha value is -3.09. The van der Waals surface area contributed by atoms with Crippen molar-refractivity contribution in [1.82, 2.24) is 30.2 Å². The molecule has 286 valence electrons. The van der Waals surface area contributed by atoms with Gasteiger partial charge in [0.05, 0.1) is 32.8 Å². The fraction of sp³-hybridized carbons (Fsp3) is 0.750. The van der Waals surface area contributed by atoms with Gasteiger partial charge in [-0.05, 0) is 12.8 Å². The second-order valence-corrected chi connectivity index (χ2v) is 12.3. The number of anilines is 1. The number of aliphatic hydroxyl groups is 4. The smallest absolute Gasteiger partial charge is 0.394 e. The Kier molecular flexibility index (Phi) is 16.1. The summed E-state index contributed by atoms with van der Waals surface area (Å²) in [6.45, 7) is 0.973. The minimum atomic E-state index is -2.92. The van der Waals surface area contributed by atoms with E-state index in [2.05, 4.69) is 25.6 Å². The monoisotopic (exact) mass is 750 g/mol. The first-order valence-electron chi connectivity index (χ1n) is 16.1. The van der Waals surface area contributed by atoms with Gasteiger partial charge in [0.2, 0.25) is 11.8 Å². The molecule has 2 amide bonds. The summed E-state index contributed by atoms with van der Waals surface area (Å²) in [5.41, 5.74) is 6.51. The van der Waals surface area contributed by atoms with Gasteiger partial charge in [0, 0.05) is 31.1 Å². The Morgan fingerprint density at radius 3 is 2.53 bits per heavy atom. The van der Waals surface area contributed by atoms with Gasteiger partial charge < -0.3 is 65.2 Å². The summed E-state index contributed by atoms with van der Waals surface area (Å²) in [5, 5.41) is 45.8. The highest BCUT2D eigenvalue weighted by Gasteiger charge is 2.48. The van der Waals surface area contributed by atoms with Crippen molar-refractivity contribution in [3.63, 3.8) is 0 Å². The number of ether oxygens (including phenoxy) is 6. The zero-order valence-electron chi connectivity index (χ0n) is 27.8. The van der Waals surface area contributed by atoms with E-state index in [0.29, 0.717) is 24.0 Å². The van der Waals surface area contributed by atoms with E-state index in [9.17, 15) is 34.6 Å². The average Bonchev–Trinajstić information content (AvgIpc) is 3.66. The molecule has 4 rings (SSSR count). The van der Waals surface area contributed by atoms with Crippen LogP contribution in [-0.4, -0.2) is 159 Å². The lowest BCUT2D eigenvalue weighted by Crippen LogP contribution is -2.64. The topological polar surface area (TPSA) is 311 Å². The van der Waals surface area contributed by atoms with Gasteiger partial charge in [-0.2, -0.15) is 0 Å². The summed E-state index contributed by atoms with van der Waals surface area (Å²) in [6.07, 6.45) is -5.43. The molecular weight excluding hydrogens is 705 g/mol. The molecule has 4 heterocycles. The van der Waals surface area contributed by atoms with Gasteiger partial charge in [-0.25, -0.2) is 15.0 Å². The molecule has 2 aromatic rings. The van der Waals surface area contributed by atoms with E-state index in [1.807, 2.05) is 0 Å². The van der Waals surface area contributed by atoms with Crippen LogP contribution >= 0.6 is 8.25 Å². The Balaban J connectivity index is 1.08. The standard InChI is InChI=1S/C28H44N7O15P/c1-15(37)34-19-23(41)21(39)16(10-36)50-28(19)46-6-3-2-4-18(38)30-5-7-44-8-9-45-14-47-24-22(40)17(11-48-51(42)43)49-27(24)35-13-33-20-25(29)31-12-32-26(20)35/h12-13,16-17,19,21-24,27-28,36,39-41H,2-11,14H2,1H3,(H4-,29,30,31,32,34,37,38,42,43)/p+1/t16?,17-,19+,21?,22-,23+,24-,27?,28+/m1/s1. The highest BCUT2D eigenvalue weighted by Crippen LogP contribution is 2.35. The minimum Gasteiger partial charge on any atom is -0.394 e. The number of aromatic nitrogens is 4. The molecule has 0 aromatic carbocycles. The van der Waals surface area contributed by atoms with E-state index in [4.69, 9.17) is 43.6 Å². The summed E-state index contributed by atoms with van der Waals surface area (Å²) in [7, 11) is -2.92. The maximum absolute atomic E-state index is 12.2. The van der Waals surface area contributed by atoms with Crippen molar-refractivity contribution < 1.29 is 72.4 Å². The fourth-order valence-electron chi connectivity index (χ4n) is 5.41. The molecule has 23 heteroatoms. The van der Waals surface area contributed by atoms with Crippen LogP contribution in [0.4, 0.5) is 5.82 Å². The second kappa shape index (κ2) is 20.2. The third kappa shape index (κ3) is 11.4. The molecule has 0 radical (unpaired) electrons. The van der Waals surface area contributed by atoms with Crippen LogP contribution in [-0.2, 0) is 47.1 Å². The Bertz CT molecular complexity index is 1430. The predicted octanol–water partition coefficient (Wildman–Crippen LogP) is -3.04. The number of rotatable bonds is 21. The molecule has 0 aliphatic carbocycles. The van der Waals surface area contributed by atoms with Crippen molar-refractivity contribution in [3.8, 4) is 0 Å². The maximum atomic E-state index is 12.2. The maximum Gasteiger partial charge on any atom is 0.694 e. The van der Waals surface area contributed by atoms with Gasteiger partial charge in [-0.1, -0.05) is 0 Å². The van der Waals surface area contributed by atoms with Gasteiger partial charge in [-0.3, -0.25) is 14.2 Å². The number of fused-ring (bicyclic) bond motifs is 1. The quantitative estimate of drug-likeness (QED) is 0.0357. The van der Waals surface area contributed by atoms with Crippen LogP contribution in [0.2, 0.25) is 0 Å². The van der Waals surface area contributed by atoms with E-state index in [1.165, 1.54) is 24.1 Å². The molecule has 0 spiro atoms. The number of nitrogen functional groups attached to an aromatic ring is 1. The van der Waals surface area contributed by atoms with Gasteiger partial charge in [0.25, 0.3) is 0 Å². The number of carbonyl (C=O) groups excluding carboxylic acids is 2. The number of unbranched alkanes of at least 4 members (excludes halogenated alkanes) is 1.